The third-order valence-corrected chi connectivity index (χ3v) is 5.66. The lowest BCUT2D eigenvalue weighted by molar-refractivity contribution is 0.0925. The highest BCUT2D eigenvalue weighted by molar-refractivity contribution is 7.99. The molecule has 1 aliphatic carbocycles. The van der Waals surface area contributed by atoms with Crippen LogP contribution in [-0.2, 0) is 0 Å². The van der Waals surface area contributed by atoms with E-state index < -0.39 is 0 Å². The number of fused-ring (bicyclic) bond motifs is 2. The predicted molar refractivity (Wildman–Crippen MR) is 89.8 cm³/mol. The van der Waals surface area contributed by atoms with Crippen molar-refractivity contribution < 1.29 is 9.21 Å². The van der Waals surface area contributed by atoms with Gasteiger partial charge < -0.3 is 15.1 Å². The Bertz CT molecular complexity index is 710. The molecular formula is C18H20N2O2S. The van der Waals surface area contributed by atoms with Crippen molar-refractivity contribution in [3.8, 4) is 0 Å². The van der Waals surface area contributed by atoms with Crippen molar-refractivity contribution in [1.82, 2.24) is 10.6 Å². The summed E-state index contributed by atoms with van der Waals surface area (Å²) in [6.45, 7) is 2.97. The molecule has 2 N–H and O–H groups in total. The van der Waals surface area contributed by atoms with Gasteiger partial charge in [-0.15, -0.1) is 0 Å². The molecule has 0 spiro atoms. The zero-order valence-electron chi connectivity index (χ0n) is 13.0. The fourth-order valence-corrected chi connectivity index (χ4v) is 4.33. The smallest absolute Gasteiger partial charge is 0.251 e. The quantitative estimate of drug-likeness (QED) is 0.905. The molecule has 1 saturated heterocycles. The van der Waals surface area contributed by atoms with Crippen LogP contribution in [-0.4, -0.2) is 24.5 Å². The first-order chi connectivity index (χ1) is 11.2. The fraction of sp³-hybridized carbons (Fsp3) is 0.389. The Balaban J connectivity index is 1.38. The van der Waals surface area contributed by atoms with Crippen LogP contribution in [0, 0.1) is 12.8 Å². The summed E-state index contributed by atoms with van der Waals surface area (Å²) < 4.78 is 5.56. The maximum atomic E-state index is 12.4. The number of carbonyl (C=O) groups is 1. The van der Waals surface area contributed by atoms with Gasteiger partial charge in [-0.3, -0.25) is 4.79 Å². The van der Waals surface area contributed by atoms with E-state index in [-0.39, 0.29) is 5.91 Å². The molecular weight excluding hydrogens is 308 g/mol. The zero-order chi connectivity index (χ0) is 15.8. The maximum Gasteiger partial charge on any atom is 0.251 e. The zero-order valence-corrected chi connectivity index (χ0v) is 13.9. The van der Waals surface area contributed by atoms with Gasteiger partial charge in [-0.25, -0.2) is 0 Å². The first-order valence-corrected chi connectivity index (χ1v) is 8.87. The summed E-state index contributed by atoms with van der Waals surface area (Å²) in [6, 6.07) is 12.6. The van der Waals surface area contributed by atoms with Crippen molar-refractivity contribution in [2.24, 2.45) is 5.92 Å². The van der Waals surface area contributed by atoms with Crippen LogP contribution in [0.4, 0.5) is 0 Å². The molecule has 5 heteroatoms. The normalized spacial score (nSPS) is 25.7. The Morgan fingerprint density at radius 1 is 1.22 bits per heavy atom. The summed E-state index contributed by atoms with van der Waals surface area (Å²) in [7, 11) is 0. The first kappa shape index (κ1) is 14.8. The number of carbonyl (C=O) groups excluding carboxylic acids is 1. The molecule has 4 nitrogen and oxygen atoms in total. The van der Waals surface area contributed by atoms with E-state index in [4.69, 9.17) is 4.42 Å². The van der Waals surface area contributed by atoms with Gasteiger partial charge in [0, 0.05) is 29.1 Å². The van der Waals surface area contributed by atoms with E-state index in [2.05, 4.69) is 10.6 Å². The molecule has 2 aromatic rings. The lowest BCUT2D eigenvalue weighted by Gasteiger charge is -2.23. The van der Waals surface area contributed by atoms with Gasteiger partial charge in [0.05, 0.1) is 0 Å². The minimum atomic E-state index is 0.0351. The molecule has 1 amide bonds. The lowest BCUT2D eigenvalue weighted by Crippen LogP contribution is -2.44. The monoisotopic (exact) mass is 328 g/mol. The Morgan fingerprint density at radius 3 is 2.65 bits per heavy atom. The number of aryl methyl sites for hydroxylation is 1. The van der Waals surface area contributed by atoms with E-state index in [9.17, 15) is 4.79 Å². The number of rotatable bonds is 4. The van der Waals surface area contributed by atoms with Crippen molar-refractivity contribution in [2.75, 3.05) is 6.54 Å². The summed E-state index contributed by atoms with van der Waals surface area (Å²) in [5.74, 6) is 1.54. The Hall–Kier alpha value is -1.72. The van der Waals surface area contributed by atoms with Gasteiger partial charge in [0.25, 0.3) is 5.91 Å². The highest BCUT2D eigenvalue weighted by Gasteiger charge is 2.39. The SMILES string of the molecule is Cc1ccc(Sc2ccc(C(=O)NC3CC4CC3CN4)cc2)o1. The topological polar surface area (TPSA) is 54.3 Å². The highest BCUT2D eigenvalue weighted by atomic mass is 32.2. The molecule has 120 valence electrons. The maximum absolute atomic E-state index is 12.4. The van der Waals surface area contributed by atoms with Crippen molar-refractivity contribution in [3.05, 3.63) is 47.7 Å². The average molecular weight is 328 g/mol. The summed E-state index contributed by atoms with van der Waals surface area (Å²) in [5.41, 5.74) is 0.723. The van der Waals surface area contributed by atoms with Gasteiger partial charge in [0.1, 0.15) is 5.76 Å². The summed E-state index contributed by atoms with van der Waals surface area (Å²) in [4.78, 5) is 13.5. The highest BCUT2D eigenvalue weighted by Crippen LogP contribution is 2.32. The summed E-state index contributed by atoms with van der Waals surface area (Å²) >= 11 is 1.56. The van der Waals surface area contributed by atoms with Crippen LogP contribution < -0.4 is 10.6 Å². The van der Waals surface area contributed by atoms with Crippen LogP contribution in [0.1, 0.15) is 29.0 Å². The molecule has 2 bridgehead atoms. The second-order valence-corrected chi connectivity index (χ2v) is 7.49. The van der Waals surface area contributed by atoms with Gasteiger partial charge in [0.2, 0.25) is 0 Å². The summed E-state index contributed by atoms with van der Waals surface area (Å²) in [5, 5.41) is 7.53. The summed E-state index contributed by atoms with van der Waals surface area (Å²) in [6.07, 6.45) is 2.26. The molecule has 4 rings (SSSR count). The molecule has 0 radical (unpaired) electrons. The Morgan fingerprint density at radius 2 is 2.04 bits per heavy atom. The molecule has 1 saturated carbocycles. The Kier molecular flexibility index (Phi) is 3.91. The fourth-order valence-electron chi connectivity index (χ4n) is 3.52. The molecule has 3 atom stereocenters. The minimum absolute atomic E-state index is 0.0351. The number of furan rings is 1. The number of piperidine rings is 1. The van der Waals surface area contributed by atoms with Gasteiger partial charge in [-0.2, -0.15) is 0 Å². The third-order valence-electron chi connectivity index (χ3n) is 4.73. The minimum Gasteiger partial charge on any atom is -0.455 e. The molecule has 23 heavy (non-hydrogen) atoms. The first-order valence-electron chi connectivity index (χ1n) is 8.06. The second-order valence-electron chi connectivity index (χ2n) is 6.41. The van der Waals surface area contributed by atoms with Crippen molar-refractivity contribution in [2.45, 2.75) is 41.8 Å². The molecule has 2 aliphatic rings. The average Bonchev–Trinajstić information content (AvgIpc) is 3.25. The van der Waals surface area contributed by atoms with Crippen LogP contribution in [0.3, 0.4) is 0 Å². The van der Waals surface area contributed by atoms with Gasteiger partial charge in [-0.05, 0) is 62.1 Å². The number of nitrogens with one attached hydrogen (secondary N) is 2. The molecule has 1 aliphatic heterocycles. The van der Waals surface area contributed by atoms with Crippen LogP contribution in [0.25, 0.3) is 0 Å². The van der Waals surface area contributed by atoms with Crippen molar-refractivity contribution in [3.63, 3.8) is 0 Å². The van der Waals surface area contributed by atoms with E-state index in [0.717, 1.165) is 34.3 Å². The second kappa shape index (κ2) is 6.06. The van der Waals surface area contributed by atoms with E-state index >= 15 is 0 Å². The third kappa shape index (κ3) is 3.16. The number of hydrogen-bond acceptors (Lipinski definition) is 4. The predicted octanol–water partition coefficient (Wildman–Crippen LogP) is 3.22. The van der Waals surface area contributed by atoms with Crippen molar-refractivity contribution in [1.29, 1.82) is 0 Å². The Labute approximate surface area is 140 Å². The molecule has 2 heterocycles. The standard InChI is InChI=1S/C18H20N2O2S/c1-11-2-7-17(22-11)23-15-5-3-12(4-6-15)18(21)20-16-9-14-8-13(16)10-19-14/h2-7,13-14,16,19H,8-10H2,1H3,(H,20,21). The molecule has 1 aromatic carbocycles. The van der Waals surface area contributed by atoms with Crippen LogP contribution in [0.15, 0.2) is 50.8 Å². The van der Waals surface area contributed by atoms with E-state index in [0.29, 0.717) is 18.0 Å². The van der Waals surface area contributed by atoms with Gasteiger partial charge >= 0.3 is 0 Å². The van der Waals surface area contributed by atoms with Crippen LogP contribution in [0.5, 0.6) is 0 Å². The van der Waals surface area contributed by atoms with Crippen molar-refractivity contribution >= 4 is 17.7 Å². The van der Waals surface area contributed by atoms with Gasteiger partial charge in [-0.1, -0.05) is 11.8 Å². The van der Waals surface area contributed by atoms with Gasteiger partial charge in [0.15, 0.2) is 5.09 Å². The van der Waals surface area contributed by atoms with E-state index in [1.807, 2.05) is 43.3 Å². The lowest BCUT2D eigenvalue weighted by atomic mass is 10.0. The molecule has 1 aromatic heterocycles. The largest absolute Gasteiger partial charge is 0.455 e. The van der Waals surface area contributed by atoms with E-state index in [1.165, 1.54) is 6.42 Å². The number of amides is 1. The van der Waals surface area contributed by atoms with Crippen LogP contribution in [0.2, 0.25) is 0 Å². The molecule has 3 unspecified atom stereocenters. The number of benzene rings is 1. The molecule has 2 fully saturated rings. The van der Waals surface area contributed by atoms with E-state index in [1.54, 1.807) is 11.8 Å². The number of hydrogen-bond donors (Lipinski definition) is 2. The van der Waals surface area contributed by atoms with Crippen LogP contribution >= 0.6 is 11.8 Å².